The van der Waals surface area contributed by atoms with Gasteiger partial charge in [-0.25, -0.2) is 4.79 Å². The number of ether oxygens (including phenoxy) is 2. The molecular weight excluding hydrogens is 602 g/mol. The molecule has 7 heteroatoms. The summed E-state index contributed by atoms with van der Waals surface area (Å²) in [5, 5.41) is 11.6. The summed E-state index contributed by atoms with van der Waals surface area (Å²) in [6.07, 6.45) is 20.3. The van der Waals surface area contributed by atoms with Gasteiger partial charge in [0.25, 0.3) is 0 Å². The van der Waals surface area contributed by atoms with E-state index in [1.807, 2.05) is 31.2 Å². The number of aromatic nitrogens is 1. The zero-order valence-corrected chi connectivity index (χ0v) is 31.2. The van der Waals surface area contributed by atoms with Gasteiger partial charge in [0.2, 0.25) is 0 Å². The molecular formula is C39H50KNO5. The van der Waals surface area contributed by atoms with Crippen molar-refractivity contribution < 1.29 is 75.6 Å². The molecule has 0 spiro atoms. The maximum atomic E-state index is 12.9. The van der Waals surface area contributed by atoms with E-state index >= 15 is 0 Å². The first-order chi connectivity index (χ1) is 22.1. The Labute approximate surface area is 318 Å². The van der Waals surface area contributed by atoms with Crippen LogP contribution in [0.15, 0.2) is 72.3 Å². The first kappa shape index (κ1) is 38.3. The van der Waals surface area contributed by atoms with Crippen molar-refractivity contribution in [2.24, 2.45) is 0 Å². The molecule has 2 aromatic carbocycles. The second-order valence-electron chi connectivity index (χ2n) is 12.1. The van der Waals surface area contributed by atoms with Crippen molar-refractivity contribution in [3.8, 4) is 5.75 Å². The quantitative estimate of drug-likeness (QED) is 0.0602. The van der Waals surface area contributed by atoms with Gasteiger partial charge in [0.15, 0.2) is 0 Å². The third-order valence-electron chi connectivity index (χ3n) is 8.60. The first-order valence-corrected chi connectivity index (χ1v) is 17.1. The van der Waals surface area contributed by atoms with Gasteiger partial charge < -0.3 is 23.9 Å². The average molecular weight is 652 g/mol. The monoisotopic (exact) mass is 651 g/mol. The third kappa shape index (κ3) is 12.5. The van der Waals surface area contributed by atoms with E-state index < -0.39 is 5.97 Å². The van der Waals surface area contributed by atoms with Gasteiger partial charge >= 0.3 is 57.4 Å². The fourth-order valence-corrected chi connectivity index (χ4v) is 6.16. The Kier molecular flexibility index (Phi) is 18.0. The number of allylic oxidation sites excluding steroid dienone is 3. The smallest absolute Gasteiger partial charge is 0.550 e. The molecule has 1 aromatic heterocycles. The number of hydrogen-bond acceptors (Lipinski definition) is 5. The third-order valence-corrected chi connectivity index (χ3v) is 8.60. The summed E-state index contributed by atoms with van der Waals surface area (Å²) in [5.74, 6) is -0.272. The normalized spacial score (nSPS) is 12.5. The molecule has 0 saturated heterocycles. The van der Waals surface area contributed by atoms with E-state index in [1.54, 1.807) is 0 Å². The maximum Gasteiger partial charge on any atom is 1.00 e. The summed E-state index contributed by atoms with van der Waals surface area (Å²) in [5.41, 5.74) is 5.34. The molecule has 242 valence electrons. The van der Waals surface area contributed by atoms with Crippen LogP contribution in [0.5, 0.6) is 5.75 Å². The number of benzene rings is 2. The van der Waals surface area contributed by atoms with Gasteiger partial charge in [0, 0.05) is 22.6 Å². The zero-order valence-electron chi connectivity index (χ0n) is 28.1. The molecule has 46 heavy (non-hydrogen) atoms. The number of aliphatic carboxylic acids is 1. The number of esters is 1. The Hall–Kier alpha value is -2.16. The molecule has 4 rings (SSSR count). The Morgan fingerprint density at radius 2 is 1.48 bits per heavy atom. The van der Waals surface area contributed by atoms with E-state index in [0.717, 1.165) is 90.4 Å². The Morgan fingerprint density at radius 3 is 2.15 bits per heavy atom. The summed E-state index contributed by atoms with van der Waals surface area (Å²) in [7, 11) is 0. The molecule has 2 heterocycles. The summed E-state index contributed by atoms with van der Waals surface area (Å²) in [6.45, 7) is 3.35. The van der Waals surface area contributed by atoms with Gasteiger partial charge in [-0.05, 0) is 93.7 Å². The topological polar surface area (TPSA) is 80.6 Å². The first-order valence-electron chi connectivity index (χ1n) is 17.1. The Bertz CT molecular complexity index is 1420. The van der Waals surface area contributed by atoms with E-state index in [2.05, 4.69) is 47.1 Å². The van der Waals surface area contributed by atoms with Crippen molar-refractivity contribution in [2.75, 3.05) is 6.61 Å². The SMILES string of the molecule is CCOC(=O)C1=C(CCCCCCCC/C=C\CCCCCCCC(=O)[O-])c2cc3cc(OCc4ccccc4)ccc3n2C1.[K+]. The number of unbranched alkanes of at least 4 members (excludes halogenated alkanes) is 11. The van der Waals surface area contributed by atoms with E-state index in [-0.39, 0.29) is 63.8 Å². The number of hydrogen-bond donors (Lipinski definition) is 0. The summed E-state index contributed by atoms with van der Waals surface area (Å²) in [4.78, 5) is 23.3. The van der Waals surface area contributed by atoms with Gasteiger partial charge in [0.05, 0.1) is 18.7 Å². The van der Waals surface area contributed by atoms with E-state index in [9.17, 15) is 14.7 Å². The van der Waals surface area contributed by atoms with Crippen molar-refractivity contribution in [1.29, 1.82) is 0 Å². The molecule has 1 aliphatic heterocycles. The maximum absolute atomic E-state index is 12.9. The molecule has 1 aliphatic rings. The second-order valence-corrected chi connectivity index (χ2v) is 12.1. The predicted octanol–water partition coefficient (Wildman–Crippen LogP) is 5.71. The van der Waals surface area contributed by atoms with Crippen LogP contribution in [0.3, 0.4) is 0 Å². The second kappa shape index (κ2) is 21.7. The number of carbonyl (C=O) groups excluding carboxylic acids is 2. The van der Waals surface area contributed by atoms with Gasteiger partial charge in [-0.2, -0.15) is 0 Å². The van der Waals surface area contributed by atoms with Gasteiger partial charge in [-0.1, -0.05) is 87.4 Å². The molecule has 0 saturated carbocycles. The molecule has 0 atom stereocenters. The van der Waals surface area contributed by atoms with Crippen molar-refractivity contribution in [3.63, 3.8) is 0 Å². The molecule has 0 radical (unpaired) electrons. The van der Waals surface area contributed by atoms with Crippen LogP contribution in [0.1, 0.15) is 114 Å². The van der Waals surface area contributed by atoms with Crippen LogP contribution in [0.25, 0.3) is 16.5 Å². The molecule has 6 nitrogen and oxygen atoms in total. The van der Waals surface area contributed by atoms with Crippen molar-refractivity contribution in [3.05, 3.63) is 83.6 Å². The largest absolute Gasteiger partial charge is 1.00 e. The van der Waals surface area contributed by atoms with Crippen LogP contribution in [0.2, 0.25) is 0 Å². The van der Waals surface area contributed by atoms with E-state index in [1.165, 1.54) is 38.5 Å². The molecule has 3 aromatic rings. The summed E-state index contributed by atoms with van der Waals surface area (Å²) >= 11 is 0. The molecule has 0 N–H and O–H groups in total. The molecule has 0 fully saturated rings. The standard InChI is InChI=1S/C39H51NO5.K/c1-2-44-39(43)35-29-40-36-26-25-33(45-30-31-21-17-16-18-22-31)27-32(36)28-37(40)34(35)23-19-14-12-10-8-6-4-3-5-7-9-11-13-15-20-24-38(41)42;/h3,5,16-18,21-22,25-28H,2,4,6-15,19-20,23-24,29-30H2,1H3,(H,41,42);/q;+1/p-1/b5-3-;. The molecule has 0 unspecified atom stereocenters. The summed E-state index contributed by atoms with van der Waals surface area (Å²) in [6, 6.07) is 18.6. The fraction of sp³-hybridized carbons (Fsp3) is 0.487. The minimum Gasteiger partial charge on any atom is -0.550 e. The Balaban J connectivity index is 0.00000576. The molecule has 0 bridgehead atoms. The van der Waals surface area contributed by atoms with Crippen molar-refractivity contribution >= 4 is 28.4 Å². The van der Waals surface area contributed by atoms with Crippen LogP contribution in [0, 0.1) is 0 Å². The van der Waals surface area contributed by atoms with Crippen LogP contribution < -0.4 is 61.2 Å². The fourth-order valence-electron chi connectivity index (χ4n) is 6.16. The Morgan fingerprint density at radius 1 is 0.826 bits per heavy atom. The molecule has 0 aliphatic carbocycles. The van der Waals surface area contributed by atoms with Crippen molar-refractivity contribution in [1.82, 2.24) is 4.57 Å². The number of nitrogens with zero attached hydrogens (tertiary/aromatic N) is 1. The van der Waals surface area contributed by atoms with E-state index in [4.69, 9.17) is 9.47 Å². The van der Waals surface area contributed by atoms with Gasteiger partial charge in [0.1, 0.15) is 12.4 Å². The average Bonchev–Trinajstić information content (AvgIpc) is 3.58. The number of carboxylic acid groups (broad SMARTS) is 1. The summed E-state index contributed by atoms with van der Waals surface area (Å²) < 4.78 is 13.8. The minimum atomic E-state index is -0.935. The van der Waals surface area contributed by atoms with Crippen molar-refractivity contribution in [2.45, 2.75) is 116 Å². The van der Waals surface area contributed by atoms with Gasteiger partial charge in [-0.3, -0.25) is 0 Å². The van der Waals surface area contributed by atoms with Crippen LogP contribution in [-0.4, -0.2) is 23.1 Å². The number of fused-ring (bicyclic) bond motifs is 3. The van der Waals surface area contributed by atoms with E-state index in [0.29, 0.717) is 19.8 Å². The number of carbonyl (C=O) groups is 2. The minimum absolute atomic E-state index is 0. The van der Waals surface area contributed by atoms with Gasteiger partial charge in [-0.15, -0.1) is 0 Å². The van der Waals surface area contributed by atoms with Crippen LogP contribution >= 0.6 is 0 Å². The predicted molar refractivity (Wildman–Crippen MR) is 180 cm³/mol. The van der Waals surface area contributed by atoms with Crippen LogP contribution in [-0.2, 0) is 27.5 Å². The molecule has 0 amide bonds. The van der Waals surface area contributed by atoms with Crippen LogP contribution in [0.4, 0.5) is 0 Å². The zero-order chi connectivity index (χ0) is 31.7. The number of rotatable bonds is 22. The number of carboxylic acids is 1.